The van der Waals surface area contributed by atoms with Gasteiger partial charge in [-0.3, -0.25) is 4.79 Å². The lowest BCUT2D eigenvalue weighted by Gasteiger charge is -2.18. The SMILES string of the molecule is O=C1CN(c2c(O)ccc(C3=CC(CCC(F)(F)F)NC3)c2F)S(=O)(=O)N1. The van der Waals surface area contributed by atoms with Crippen molar-refractivity contribution < 1.29 is 35.9 Å². The van der Waals surface area contributed by atoms with Gasteiger partial charge in [0.05, 0.1) is 0 Å². The molecule has 1 aromatic carbocycles. The van der Waals surface area contributed by atoms with Gasteiger partial charge in [0.1, 0.15) is 18.0 Å². The van der Waals surface area contributed by atoms with Crippen LogP contribution in [0.15, 0.2) is 18.2 Å². The molecular formula is C15H15F4N3O4S. The lowest BCUT2D eigenvalue weighted by molar-refractivity contribution is -0.136. The maximum absolute atomic E-state index is 15.0. The number of phenols is 1. The summed E-state index contributed by atoms with van der Waals surface area (Å²) < 4.78 is 77.9. The highest BCUT2D eigenvalue weighted by Gasteiger charge is 2.38. The van der Waals surface area contributed by atoms with Crippen LogP contribution in [0.4, 0.5) is 23.2 Å². The summed E-state index contributed by atoms with van der Waals surface area (Å²) in [4.78, 5) is 11.4. The highest BCUT2D eigenvalue weighted by molar-refractivity contribution is 7.92. The molecule has 1 aromatic rings. The Hall–Kier alpha value is -2.34. The number of nitrogens with one attached hydrogen (secondary N) is 2. The molecule has 0 saturated carbocycles. The van der Waals surface area contributed by atoms with Crippen molar-refractivity contribution in [3.8, 4) is 5.75 Å². The number of alkyl halides is 3. The summed E-state index contributed by atoms with van der Waals surface area (Å²) in [5, 5.41) is 12.7. The van der Waals surface area contributed by atoms with Crippen LogP contribution < -0.4 is 14.3 Å². The van der Waals surface area contributed by atoms with Crippen molar-refractivity contribution in [2.75, 3.05) is 17.4 Å². The summed E-state index contributed by atoms with van der Waals surface area (Å²) in [6.07, 6.45) is -4.10. The average Bonchev–Trinajstić information content (AvgIpc) is 3.09. The zero-order valence-corrected chi connectivity index (χ0v) is 14.5. The fraction of sp³-hybridized carbons (Fsp3) is 0.400. The topological polar surface area (TPSA) is 98.7 Å². The number of amides is 1. The van der Waals surface area contributed by atoms with Crippen LogP contribution in [0.25, 0.3) is 5.57 Å². The van der Waals surface area contributed by atoms with Crippen LogP contribution in [-0.4, -0.2) is 44.7 Å². The molecule has 3 N–H and O–H groups in total. The van der Waals surface area contributed by atoms with E-state index >= 15 is 0 Å². The Morgan fingerprint density at radius 2 is 2.00 bits per heavy atom. The quantitative estimate of drug-likeness (QED) is 0.654. The summed E-state index contributed by atoms with van der Waals surface area (Å²) in [5.41, 5.74) is -0.429. The number of aromatic hydroxyl groups is 1. The number of hydrogen-bond acceptors (Lipinski definition) is 5. The number of rotatable bonds is 4. The van der Waals surface area contributed by atoms with Crippen LogP contribution >= 0.6 is 0 Å². The number of anilines is 1. The Morgan fingerprint density at radius 3 is 2.59 bits per heavy atom. The largest absolute Gasteiger partial charge is 0.506 e. The maximum atomic E-state index is 15.0. The van der Waals surface area contributed by atoms with E-state index in [2.05, 4.69) is 5.32 Å². The maximum Gasteiger partial charge on any atom is 0.389 e. The van der Waals surface area contributed by atoms with Crippen molar-refractivity contribution in [2.45, 2.75) is 25.1 Å². The number of nitrogens with zero attached hydrogens (tertiary/aromatic N) is 1. The molecular weight excluding hydrogens is 394 g/mol. The molecule has 0 aromatic heterocycles. The third-order valence-electron chi connectivity index (χ3n) is 4.21. The summed E-state index contributed by atoms with van der Waals surface area (Å²) in [6.45, 7) is -0.616. The highest BCUT2D eigenvalue weighted by Crippen LogP contribution is 2.38. The van der Waals surface area contributed by atoms with E-state index in [0.717, 1.165) is 6.07 Å². The first-order valence-corrected chi connectivity index (χ1v) is 9.28. The second-order valence-corrected chi connectivity index (χ2v) is 7.76. The molecule has 0 aliphatic carbocycles. The Bertz CT molecular complexity index is 914. The lowest BCUT2D eigenvalue weighted by Crippen LogP contribution is -2.30. The van der Waals surface area contributed by atoms with Crippen LogP contribution in [-0.2, 0) is 15.0 Å². The molecule has 1 amide bonds. The molecule has 1 saturated heterocycles. The number of carbonyl (C=O) groups excluding carboxylic acids is 1. The van der Waals surface area contributed by atoms with Gasteiger partial charge in [0.15, 0.2) is 5.82 Å². The molecule has 7 nitrogen and oxygen atoms in total. The van der Waals surface area contributed by atoms with Gasteiger partial charge in [-0.05, 0) is 24.1 Å². The normalized spacial score (nSPS) is 22.1. The zero-order valence-electron chi connectivity index (χ0n) is 13.7. The third-order valence-corrected chi connectivity index (χ3v) is 5.58. The average molecular weight is 409 g/mol. The molecule has 27 heavy (non-hydrogen) atoms. The van der Waals surface area contributed by atoms with Crippen molar-refractivity contribution in [1.29, 1.82) is 0 Å². The summed E-state index contributed by atoms with van der Waals surface area (Å²) in [5.74, 6) is -2.65. The molecule has 1 fully saturated rings. The van der Waals surface area contributed by atoms with E-state index in [1.54, 1.807) is 4.72 Å². The van der Waals surface area contributed by atoms with Gasteiger partial charge in [0, 0.05) is 24.6 Å². The van der Waals surface area contributed by atoms with E-state index in [1.165, 1.54) is 12.1 Å². The molecule has 12 heteroatoms. The van der Waals surface area contributed by atoms with E-state index in [9.17, 15) is 35.9 Å². The van der Waals surface area contributed by atoms with E-state index in [4.69, 9.17) is 0 Å². The van der Waals surface area contributed by atoms with E-state index < -0.39 is 58.6 Å². The summed E-state index contributed by atoms with van der Waals surface area (Å²) in [7, 11) is -4.34. The number of phenolic OH excluding ortho intramolecular Hbond substituents is 1. The molecule has 1 unspecified atom stereocenters. The number of benzene rings is 1. The van der Waals surface area contributed by atoms with Crippen LogP contribution in [0.1, 0.15) is 18.4 Å². The predicted molar refractivity (Wildman–Crippen MR) is 87.5 cm³/mol. The van der Waals surface area contributed by atoms with Gasteiger partial charge < -0.3 is 10.4 Å². The lowest BCUT2D eigenvalue weighted by atomic mass is 10.0. The first kappa shape index (κ1) is 19.4. The van der Waals surface area contributed by atoms with Gasteiger partial charge in [-0.15, -0.1) is 0 Å². The van der Waals surface area contributed by atoms with Crippen molar-refractivity contribution in [3.05, 3.63) is 29.6 Å². The van der Waals surface area contributed by atoms with Gasteiger partial charge in [-0.2, -0.15) is 21.6 Å². The van der Waals surface area contributed by atoms with E-state index in [1.807, 2.05) is 0 Å². The van der Waals surface area contributed by atoms with Gasteiger partial charge in [-0.1, -0.05) is 6.08 Å². The number of halogens is 4. The van der Waals surface area contributed by atoms with Crippen molar-refractivity contribution in [2.24, 2.45) is 0 Å². The molecule has 148 valence electrons. The van der Waals surface area contributed by atoms with Crippen LogP contribution in [0.5, 0.6) is 5.75 Å². The Labute approximate surface area is 151 Å². The van der Waals surface area contributed by atoms with Crippen LogP contribution in [0.3, 0.4) is 0 Å². The Morgan fingerprint density at radius 1 is 1.30 bits per heavy atom. The standard InChI is InChI=1S/C15H15F4N3O4S/c16-13-10(8-5-9(20-6-8)3-4-15(17,18)19)1-2-11(23)14(13)22-7-12(24)21-27(22,25)26/h1-2,5,9,20,23H,3-4,6-7H2,(H,21,24). The molecule has 0 bridgehead atoms. The minimum Gasteiger partial charge on any atom is -0.506 e. The zero-order chi connectivity index (χ0) is 20.0. The third kappa shape index (κ3) is 4.00. The minimum absolute atomic E-state index is 0.0700. The first-order chi connectivity index (χ1) is 12.5. The molecule has 2 aliphatic heterocycles. The van der Waals surface area contributed by atoms with Gasteiger partial charge >= 0.3 is 16.4 Å². The van der Waals surface area contributed by atoms with Crippen molar-refractivity contribution >= 4 is 27.4 Å². The van der Waals surface area contributed by atoms with E-state index in [0.29, 0.717) is 9.88 Å². The van der Waals surface area contributed by atoms with Crippen LogP contribution in [0, 0.1) is 5.82 Å². The molecule has 0 radical (unpaired) electrons. The molecule has 0 spiro atoms. The second-order valence-electron chi connectivity index (χ2n) is 6.16. The smallest absolute Gasteiger partial charge is 0.389 e. The molecule has 2 heterocycles. The summed E-state index contributed by atoms with van der Waals surface area (Å²) >= 11 is 0. The summed E-state index contributed by atoms with van der Waals surface area (Å²) in [6, 6.07) is 1.65. The fourth-order valence-corrected chi connectivity index (χ4v) is 4.14. The van der Waals surface area contributed by atoms with Gasteiger partial charge in [0.25, 0.3) is 5.91 Å². The predicted octanol–water partition coefficient (Wildman–Crippen LogP) is 1.41. The van der Waals surface area contributed by atoms with Crippen LogP contribution in [0.2, 0.25) is 0 Å². The fourth-order valence-electron chi connectivity index (χ4n) is 2.98. The van der Waals surface area contributed by atoms with Gasteiger partial charge in [0.2, 0.25) is 0 Å². The van der Waals surface area contributed by atoms with E-state index in [-0.39, 0.29) is 18.5 Å². The molecule has 3 rings (SSSR count). The Balaban J connectivity index is 1.92. The number of hydrogen-bond donors (Lipinski definition) is 3. The Kier molecular flexibility index (Phi) is 4.80. The second kappa shape index (κ2) is 6.68. The van der Waals surface area contributed by atoms with Gasteiger partial charge in [-0.25, -0.2) is 13.4 Å². The van der Waals surface area contributed by atoms with Crippen molar-refractivity contribution in [1.82, 2.24) is 10.0 Å². The first-order valence-electron chi connectivity index (χ1n) is 7.84. The molecule has 1 atom stereocenters. The highest BCUT2D eigenvalue weighted by atomic mass is 32.2. The monoisotopic (exact) mass is 409 g/mol. The number of carbonyl (C=O) groups is 1. The molecule has 2 aliphatic rings. The van der Waals surface area contributed by atoms with Crippen molar-refractivity contribution in [3.63, 3.8) is 0 Å². The minimum atomic E-state index is -4.34.